The van der Waals surface area contributed by atoms with Crippen LogP contribution in [0.4, 0.5) is 0 Å². The Morgan fingerprint density at radius 1 is 1.38 bits per heavy atom. The molecule has 1 aromatic carbocycles. The van der Waals surface area contributed by atoms with Gasteiger partial charge in [-0.1, -0.05) is 39.0 Å². The van der Waals surface area contributed by atoms with Crippen LogP contribution in [0, 0.1) is 0 Å². The first-order valence-electron chi connectivity index (χ1n) is 8.11. The van der Waals surface area contributed by atoms with Gasteiger partial charge in [0.1, 0.15) is 0 Å². The third-order valence-corrected chi connectivity index (χ3v) is 5.25. The van der Waals surface area contributed by atoms with Gasteiger partial charge < -0.3 is 10.6 Å². The molecule has 1 fully saturated rings. The van der Waals surface area contributed by atoms with Gasteiger partial charge in [-0.05, 0) is 53.8 Å². The van der Waals surface area contributed by atoms with Crippen LogP contribution in [0.25, 0.3) is 0 Å². The van der Waals surface area contributed by atoms with E-state index in [4.69, 9.17) is 0 Å². The van der Waals surface area contributed by atoms with Crippen molar-refractivity contribution in [2.24, 2.45) is 0 Å². The molecule has 1 aliphatic heterocycles. The Morgan fingerprint density at radius 2 is 2.19 bits per heavy atom. The van der Waals surface area contributed by atoms with Crippen LogP contribution in [0.5, 0.6) is 0 Å². The summed E-state index contributed by atoms with van der Waals surface area (Å²) in [6, 6.07) is 7.17. The van der Waals surface area contributed by atoms with E-state index >= 15 is 0 Å². The quantitative estimate of drug-likeness (QED) is 0.839. The van der Waals surface area contributed by atoms with Crippen molar-refractivity contribution in [1.82, 2.24) is 10.6 Å². The Kier molecular flexibility index (Phi) is 3.78. The van der Waals surface area contributed by atoms with Crippen LogP contribution in [0.2, 0.25) is 0 Å². The van der Waals surface area contributed by atoms with Gasteiger partial charge >= 0.3 is 0 Å². The van der Waals surface area contributed by atoms with Gasteiger partial charge in [0.15, 0.2) is 0 Å². The number of nitrogens with one attached hydrogen (secondary N) is 2. The van der Waals surface area contributed by atoms with Crippen LogP contribution in [-0.4, -0.2) is 19.0 Å². The summed E-state index contributed by atoms with van der Waals surface area (Å²) in [5.41, 5.74) is 4.65. The molecule has 0 radical (unpaired) electrons. The van der Waals surface area contributed by atoms with E-state index in [2.05, 4.69) is 49.6 Å². The zero-order valence-corrected chi connectivity index (χ0v) is 13.3. The van der Waals surface area contributed by atoms with Gasteiger partial charge in [0.05, 0.1) is 6.04 Å². The van der Waals surface area contributed by atoms with Gasteiger partial charge in [-0.15, -0.1) is 0 Å². The van der Waals surface area contributed by atoms with E-state index < -0.39 is 0 Å². The molecule has 114 valence electrons. The second-order valence-corrected chi connectivity index (χ2v) is 7.26. The van der Waals surface area contributed by atoms with E-state index in [1.54, 1.807) is 0 Å². The number of benzene rings is 1. The van der Waals surface area contributed by atoms with Gasteiger partial charge in [0.2, 0.25) is 6.41 Å². The van der Waals surface area contributed by atoms with E-state index in [1.807, 2.05) is 0 Å². The highest BCUT2D eigenvalue weighted by Crippen LogP contribution is 2.48. The average molecular weight is 286 g/mol. The molecule has 0 bridgehead atoms. The largest absolute Gasteiger partial charge is 0.354 e. The fourth-order valence-electron chi connectivity index (χ4n) is 4.45. The lowest BCUT2D eigenvalue weighted by molar-refractivity contribution is -0.110. The van der Waals surface area contributed by atoms with E-state index in [0.29, 0.717) is 5.92 Å². The predicted molar refractivity (Wildman–Crippen MR) is 85.5 cm³/mol. The number of fused-ring (bicyclic) bond motifs is 1. The Balaban J connectivity index is 2.03. The molecule has 3 atom stereocenters. The summed E-state index contributed by atoms with van der Waals surface area (Å²) >= 11 is 0. The van der Waals surface area contributed by atoms with Crippen molar-refractivity contribution >= 4 is 6.41 Å². The maximum absolute atomic E-state index is 10.9. The summed E-state index contributed by atoms with van der Waals surface area (Å²) in [6.45, 7) is 8.05. The second-order valence-electron chi connectivity index (χ2n) is 7.26. The van der Waals surface area contributed by atoms with Crippen LogP contribution in [-0.2, 0) is 10.2 Å². The number of piperidine rings is 1. The standard InChI is InChI=1S/C18H26N2O/c1-12-10-18(2,3)14-7-4-6-13(16(12)14)17-15(20-11-21)8-5-9-19-17/h4,6-7,11-12,15,17,19H,5,8-10H2,1-3H3,(H,20,21). The number of carbonyl (C=O) groups excluding carboxylic acids is 1. The third-order valence-electron chi connectivity index (χ3n) is 5.25. The minimum absolute atomic E-state index is 0.207. The maximum Gasteiger partial charge on any atom is 0.207 e. The molecule has 1 aliphatic carbocycles. The first kappa shape index (κ1) is 14.6. The molecule has 21 heavy (non-hydrogen) atoms. The third kappa shape index (κ3) is 2.48. The fraction of sp³-hybridized carbons (Fsp3) is 0.611. The zero-order valence-electron chi connectivity index (χ0n) is 13.3. The summed E-state index contributed by atoms with van der Waals surface area (Å²) in [7, 11) is 0. The molecule has 3 unspecified atom stereocenters. The smallest absolute Gasteiger partial charge is 0.207 e. The molecule has 1 amide bonds. The van der Waals surface area contributed by atoms with Crippen LogP contribution in [0.1, 0.15) is 68.7 Å². The van der Waals surface area contributed by atoms with Crippen molar-refractivity contribution in [1.29, 1.82) is 0 Å². The van der Waals surface area contributed by atoms with Crippen molar-refractivity contribution in [2.75, 3.05) is 6.54 Å². The summed E-state index contributed by atoms with van der Waals surface area (Å²) in [4.78, 5) is 10.9. The van der Waals surface area contributed by atoms with Crippen molar-refractivity contribution < 1.29 is 4.79 Å². The van der Waals surface area contributed by atoms with Crippen LogP contribution in [0.3, 0.4) is 0 Å². The molecule has 0 aromatic heterocycles. The lowest BCUT2D eigenvalue weighted by atomic mass is 9.83. The molecule has 0 saturated carbocycles. The van der Waals surface area contributed by atoms with Gasteiger partial charge in [0.25, 0.3) is 0 Å². The number of rotatable bonds is 3. The topological polar surface area (TPSA) is 41.1 Å². The number of hydrogen-bond acceptors (Lipinski definition) is 2. The van der Waals surface area contributed by atoms with Crippen molar-refractivity contribution in [2.45, 2.75) is 63.5 Å². The van der Waals surface area contributed by atoms with Crippen LogP contribution >= 0.6 is 0 Å². The molecule has 1 aromatic rings. The van der Waals surface area contributed by atoms with Gasteiger partial charge in [-0.25, -0.2) is 0 Å². The Hall–Kier alpha value is -1.35. The molecule has 0 spiro atoms. The van der Waals surface area contributed by atoms with Crippen molar-refractivity contribution in [3.8, 4) is 0 Å². The SMILES string of the molecule is CC1CC(C)(C)c2cccc(C3NCCCC3NC=O)c21. The molecule has 3 rings (SSSR count). The van der Waals surface area contributed by atoms with Crippen molar-refractivity contribution in [3.63, 3.8) is 0 Å². The molecule has 1 heterocycles. The summed E-state index contributed by atoms with van der Waals surface area (Å²) in [5, 5.41) is 6.64. The normalized spacial score (nSPS) is 30.7. The minimum atomic E-state index is 0.207. The molecule has 2 aliphatic rings. The Bertz CT molecular complexity index is 538. The van der Waals surface area contributed by atoms with E-state index in [9.17, 15) is 4.79 Å². The van der Waals surface area contributed by atoms with Crippen molar-refractivity contribution in [3.05, 3.63) is 34.9 Å². The van der Waals surface area contributed by atoms with Crippen LogP contribution in [0.15, 0.2) is 18.2 Å². The summed E-state index contributed by atoms with van der Waals surface area (Å²) in [5.74, 6) is 0.590. The van der Waals surface area contributed by atoms with Gasteiger partial charge in [0, 0.05) is 6.04 Å². The molecule has 3 nitrogen and oxygen atoms in total. The number of carbonyl (C=O) groups is 1. The highest BCUT2D eigenvalue weighted by atomic mass is 16.1. The number of hydrogen-bond donors (Lipinski definition) is 2. The molecule has 1 saturated heterocycles. The lowest BCUT2D eigenvalue weighted by Crippen LogP contribution is -2.45. The zero-order chi connectivity index (χ0) is 15.0. The van der Waals surface area contributed by atoms with E-state index in [1.165, 1.54) is 23.1 Å². The molecule has 2 N–H and O–H groups in total. The monoisotopic (exact) mass is 286 g/mol. The Labute approximate surface area is 127 Å². The number of amides is 1. The summed E-state index contributed by atoms with van der Waals surface area (Å²) in [6.07, 6.45) is 4.23. The molecular weight excluding hydrogens is 260 g/mol. The predicted octanol–water partition coefficient (Wildman–Crippen LogP) is 3.01. The molecular formula is C18H26N2O. The lowest BCUT2D eigenvalue weighted by Gasteiger charge is -2.34. The van der Waals surface area contributed by atoms with Gasteiger partial charge in [-0.3, -0.25) is 4.79 Å². The average Bonchev–Trinajstić information content (AvgIpc) is 2.70. The maximum atomic E-state index is 10.9. The second kappa shape index (κ2) is 5.45. The first-order valence-corrected chi connectivity index (χ1v) is 8.11. The fourth-order valence-corrected chi connectivity index (χ4v) is 4.45. The minimum Gasteiger partial charge on any atom is -0.354 e. The highest BCUT2D eigenvalue weighted by Gasteiger charge is 2.38. The van der Waals surface area contributed by atoms with Crippen LogP contribution < -0.4 is 10.6 Å². The Morgan fingerprint density at radius 3 is 2.95 bits per heavy atom. The first-order chi connectivity index (χ1) is 10.0. The van der Waals surface area contributed by atoms with E-state index in [0.717, 1.165) is 25.8 Å². The summed E-state index contributed by atoms with van der Waals surface area (Å²) < 4.78 is 0. The molecule has 3 heteroatoms. The van der Waals surface area contributed by atoms with E-state index in [-0.39, 0.29) is 17.5 Å². The van der Waals surface area contributed by atoms with Gasteiger partial charge in [-0.2, -0.15) is 0 Å². The highest BCUT2D eigenvalue weighted by molar-refractivity contribution is 5.50.